The zero-order valence-electron chi connectivity index (χ0n) is 7.98. The SMILES string of the molecule is CC(N)C(O)COCCOCCO. The monoisotopic (exact) mass is 193 g/mol. The quantitative estimate of drug-likeness (QED) is 0.418. The first-order chi connectivity index (χ1) is 6.18. The van der Waals surface area contributed by atoms with Gasteiger partial charge < -0.3 is 25.4 Å². The molecule has 0 fully saturated rings. The van der Waals surface area contributed by atoms with Gasteiger partial charge in [0.15, 0.2) is 0 Å². The van der Waals surface area contributed by atoms with Gasteiger partial charge in [-0.05, 0) is 6.92 Å². The Kier molecular flexibility index (Phi) is 8.27. The van der Waals surface area contributed by atoms with Crippen LogP contribution < -0.4 is 5.73 Å². The molecule has 2 unspecified atom stereocenters. The van der Waals surface area contributed by atoms with Gasteiger partial charge in [0.25, 0.3) is 0 Å². The average molecular weight is 193 g/mol. The van der Waals surface area contributed by atoms with Crippen LogP contribution in [-0.4, -0.2) is 55.4 Å². The maximum Gasteiger partial charge on any atom is 0.0921 e. The fraction of sp³-hybridized carbons (Fsp3) is 1.00. The number of ether oxygens (including phenoxy) is 2. The molecule has 0 radical (unpaired) electrons. The molecule has 0 aliphatic heterocycles. The van der Waals surface area contributed by atoms with Crippen molar-refractivity contribution in [2.24, 2.45) is 5.73 Å². The molecule has 0 aliphatic rings. The van der Waals surface area contributed by atoms with Gasteiger partial charge in [-0.25, -0.2) is 0 Å². The summed E-state index contributed by atoms with van der Waals surface area (Å²) in [6, 6.07) is -0.279. The third kappa shape index (κ3) is 8.14. The van der Waals surface area contributed by atoms with Crippen molar-refractivity contribution in [3.63, 3.8) is 0 Å². The maximum absolute atomic E-state index is 9.20. The van der Waals surface area contributed by atoms with Crippen LogP contribution in [0.5, 0.6) is 0 Å². The van der Waals surface area contributed by atoms with Gasteiger partial charge in [0.1, 0.15) is 0 Å². The summed E-state index contributed by atoms with van der Waals surface area (Å²) in [5.41, 5.74) is 5.40. The predicted octanol–water partition coefficient (Wildman–Crippen LogP) is -1.28. The van der Waals surface area contributed by atoms with E-state index in [1.165, 1.54) is 0 Å². The fourth-order valence-corrected chi connectivity index (χ4v) is 0.640. The standard InChI is InChI=1S/C8H19NO4/c1-7(9)8(11)6-13-5-4-12-3-2-10/h7-8,10-11H,2-6,9H2,1H3. The van der Waals surface area contributed by atoms with Crippen LogP contribution in [0.1, 0.15) is 6.92 Å². The first kappa shape index (κ1) is 12.8. The van der Waals surface area contributed by atoms with E-state index < -0.39 is 6.10 Å². The summed E-state index contributed by atoms with van der Waals surface area (Å²) in [4.78, 5) is 0. The molecule has 0 aromatic heterocycles. The zero-order chi connectivity index (χ0) is 10.1. The van der Waals surface area contributed by atoms with Gasteiger partial charge >= 0.3 is 0 Å². The Balaban J connectivity index is 3.07. The minimum Gasteiger partial charge on any atom is -0.394 e. The molecule has 0 aromatic rings. The summed E-state index contributed by atoms with van der Waals surface area (Å²) in [6.45, 7) is 3.11. The molecule has 2 atom stereocenters. The molecule has 80 valence electrons. The van der Waals surface area contributed by atoms with Gasteiger partial charge in [-0.1, -0.05) is 0 Å². The Labute approximate surface area is 78.4 Å². The van der Waals surface area contributed by atoms with Crippen molar-refractivity contribution in [2.75, 3.05) is 33.0 Å². The molecule has 0 saturated heterocycles. The van der Waals surface area contributed by atoms with E-state index in [1.807, 2.05) is 0 Å². The Morgan fingerprint density at radius 3 is 2.38 bits per heavy atom. The number of hydrogen-bond donors (Lipinski definition) is 3. The third-order valence-corrected chi connectivity index (χ3v) is 1.50. The molecule has 0 rings (SSSR count). The Bertz CT molecular complexity index is 110. The van der Waals surface area contributed by atoms with Crippen LogP contribution >= 0.6 is 0 Å². The van der Waals surface area contributed by atoms with E-state index in [1.54, 1.807) is 6.92 Å². The third-order valence-electron chi connectivity index (χ3n) is 1.50. The number of nitrogens with two attached hydrogens (primary N) is 1. The minimum atomic E-state index is -0.627. The normalized spacial score (nSPS) is 15.7. The van der Waals surface area contributed by atoms with Gasteiger partial charge in [-0.15, -0.1) is 0 Å². The van der Waals surface area contributed by atoms with Crippen molar-refractivity contribution < 1.29 is 19.7 Å². The highest BCUT2D eigenvalue weighted by Gasteiger charge is 2.08. The summed E-state index contributed by atoms with van der Waals surface area (Å²) in [5, 5.41) is 17.6. The van der Waals surface area contributed by atoms with Crippen LogP contribution in [-0.2, 0) is 9.47 Å². The molecule has 0 saturated carbocycles. The van der Waals surface area contributed by atoms with Crippen LogP contribution in [0.25, 0.3) is 0 Å². The Morgan fingerprint density at radius 1 is 1.23 bits per heavy atom. The van der Waals surface area contributed by atoms with E-state index in [4.69, 9.17) is 20.3 Å². The van der Waals surface area contributed by atoms with E-state index in [-0.39, 0.29) is 19.3 Å². The maximum atomic E-state index is 9.20. The number of rotatable bonds is 8. The molecule has 13 heavy (non-hydrogen) atoms. The molecular formula is C8H19NO4. The van der Waals surface area contributed by atoms with Crippen LogP contribution in [0, 0.1) is 0 Å². The second-order valence-corrected chi connectivity index (χ2v) is 2.84. The molecule has 0 aliphatic carbocycles. The van der Waals surface area contributed by atoms with Gasteiger partial charge in [0.2, 0.25) is 0 Å². The molecule has 0 aromatic carbocycles. The molecule has 0 amide bonds. The van der Waals surface area contributed by atoms with E-state index in [2.05, 4.69) is 0 Å². The van der Waals surface area contributed by atoms with E-state index >= 15 is 0 Å². The summed E-state index contributed by atoms with van der Waals surface area (Å²) in [7, 11) is 0. The van der Waals surface area contributed by atoms with Crippen LogP contribution in [0.2, 0.25) is 0 Å². The topological polar surface area (TPSA) is 84.9 Å². The van der Waals surface area contributed by atoms with Crippen molar-refractivity contribution in [3.8, 4) is 0 Å². The predicted molar refractivity (Wildman–Crippen MR) is 48.4 cm³/mol. The second kappa shape index (κ2) is 8.40. The Hall–Kier alpha value is -0.200. The average Bonchev–Trinajstić information content (AvgIpc) is 2.10. The van der Waals surface area contributed by atoms with Gasteiger partial charge in [0, 0.05) is 6.04 Å². The Morgan fingerprint density at radius 2 is 1.85 bits per heavy atom. The van der Waals surface area contributed by atoms with E-state index in [0.717, 1.165) is 0 Å². The van der Waals surface area contributed by atoms with Crippen LogP contribution in [0.4, 0.5) is 0 Å². The van der Waals surface area contributed by atoms with E-state index in [9.17, 15) is 5.11 Å². The number of aliphatic hydroxyl groups is 2. The fourth-order valence-electron chi connectivity index (χ4n) is 0.640. The summed E-state index contributed by atoms with van der Waals surface area (Å²) < 4.78 is 10.0. The van der Waals surface area contributed by atoms with E-state index in [0.29, 0.717) is 19.8 Å². The van der Waals surface area contributed by atoms with Crippen LogP contribution in [0.15, 0.2) is 0 Å². The van der Waals surface area contributed by atoms with Gasteiger partial charge in [-0.3, -0.25) is 0 Å². The van der Waals surface area contributed by atoms with Crippen molar-refractivity contribution in [3.05, 3.63) is 0 Å². The largest absolute Gasteiger partial charge is 0.394 e. The van der Waals surface area contributed by atoms with Crippen molar-refractivity contribution in [2.45, 2.75) is 19.1 Å². The minimum absolute atomic E-state index is 0.0163. The summed E-state index contributed by atoms with van der Waals surface area (Å²) in [6.07, 6.45) is -0.627. The highest BCUT2D eigenvalue weighted by Crippen LogP contribution is 1.90. The first-order valence-electron chi connectivity index (χ1n) is 4.38. The summed E-state index contributed by atoms with van der Waals surface area (Å²) in [5.74, 6) is 0. The lowest BCUT2D eigenvalue weighted by atomic mass is 10.2. The summed E-state index contributed by atoms with van der Waals surface area (Å²) >= 11 is 0. The van der Waals surface area contributed by atoms with Gasteiger partial charge in [-0.2, -0.15) is 0 Å². The second-order valence-electron chi connectivity index (χ2n) is 2.84. The smallest absolute Gasteiger partial charge is 0.0921 e. The molecular weight excluding hydrogens is 174 g/mol. The van der Waals surface area contributed by atoms with Crippen molar-refractivity contribution in [1.29, 1.82) is 0 Å². The lowest BCUT2D eigenvalue weighted by Gasteiger charge is -2.14. The lowest BCUT2D eigenvalue weighted by molar-refractivity contribution is -0.00726. The molecule has 0 spiro atoms. The molecule has 5 nitrogen and oxygen atoms in total. The molecule has 4 N–H and O–H groups in total. The highest BCUT2D eigenvalue weighted by molar-refractivity contribution is 4.64. The highest BCUT2D eigenvalue weighted by atomic mass is 16.5. The molecule has 0 heterocycles. The number of aliphatic hydroxyl groups excluding tert-OH is 2. The van der Waals surface area contributed by atoms with Crippen molar-refractivity contribution in [1.82, 2.24) is 0 Å². The number of hydrogen-bond acceptors (Lipinski definition) is 5. The lowest BCUT2D eigenvalue weighted by Crippen LogP contribution is -2.35. The van der Waals surface area contributed by atoms with Crippen LogP contribution in [0.3, 0.4) is 0 Å². The molecule has 0 bridgehead atoms. The van der Waals surface area contributed by atoms with Crippen molar-refractivity contribution >= 4 is 0 Å². The first-order valence-corrected chi connectivity index (χ1v) is 4.38. The zero-order valence-corrected chi connectivity index (χ0v) is 7.98. The van der Waals surface area contributed by atoms with Gasteiger partial charge in [0.05, 0.1) is 39.1 Å². The molecule has 5 heteroatoms.